The Kier molecular flexibility index (Phi) is 10.3. The van der Waals surface area contributed by atoms with Crippen molar-refractivity contribution < 1.29 is 22.1 Å². The first-order chi connectivity index (χ1) is 6.02. The SMILES string of the molecule is CC(=O)/C=C(/C)NCCC[NH+](C)C.[Cl-]. The van der Waals surface area contributed by atoms with Crippen molar-refractivity contribution in [2.45, 2.75) is 20.3 Å². The van der Waals surface area contributed by atoms with E-state index < -0.39 is 0 Å². The number of nitrogens with one attached hydrogen (secondary N) is 2. The van der Waals surface area contributed by atoms with E-state index in [2.05, 4.69) is 19.4 Å². The normalized spacial score (nSPS) is 11.1. The van der Waals surface area contributed by atoms with Crippen LogP contribution in [0.2, 0.25) is 0 Å². The summed E-state index contributed by atoms with van der Waals surface area (Å²) in [5, 5.41) is 3.20. The molecule has 2 N–H and O–H groups in total. The zero-order chi connectivity index (χ0) is 10.3. The number of halogens is 1. The number of rotatable bonds is 6. The molecule has 0 saturated carbocycles. The largest absolute Gasteiger partial charge is 1.00 e. The summed E-state index contributed by atoms with van der Waals surface area (Å²) < 4.78 is 0. The molecule has 0 amide bonds. The highest BCUT2D eigenvalue weighted by molar-refractivity contribution is 5.87. The summed E-state index contributed by atoms with van der Waals surface area (Å²) in [4.78, 5) is 12.1. The lowest BCUT2D eigenvalue weighted by molar-refractivity contribution is -0.858. The zero-order valence-corrected chi connectivity index (χ0v) is 10.2. The third-order valence-corrected chi connectivity index (χ3v) is 1.68. The van der Waals surface area contributed by atoms with E-state index in [-0.39, 0.29) is 18.2 Å². The molecule has 0 aliphatic carbocycles. The van der Waals surface area contributed by atoms with Crippen LogP contribution < -0.4 is 22.6 Å². The first-order valence-electron chi connectivity index (χ1n) is 4.74. The Hall–Kier alpha value is -0.540. The van der Waals surface area contributed by atoms with Gasteiger partial charge in [0.2, 0.25) is 0 Å². The van der Waals surface area contributed by atoms with Gasteiger partial charge in [-0.25, -0.2) is 0 Å². The number of allylic oxidation sites excluding steroid dienone is 2. The van der Waals surface area contributed by atoms with Crippen LogP contribution in [-0.2, 0) is 4.79 Å². The van der Waals surface area contributed by atoms with Crippen molar-refractivity contribution >= 4 is 5.78 Å². The Morgan fingerprint density at radius 2 is 1.93 bits per heavy atom. The standard InChI is InChI=1S/C10H20N2O.ClH/c1-9(8-10(2)13)11-6-5-7-12(3)4;/h8,11H,5-7H2,1-4H3;1H/b9-8-;. The van der Waals surface area contributed by atoms with Gasteiger partial charge >= 0.3 is 0 Å². The van der Waals surface area contributed by atoms with Crippen molar-refractivity contribution in [2.75, 3.05) is 27.2 Å². The van der Waals surface area contributed by atoms with E-state index >= 15 is 0 Å². The minimum atomic E-state index is 0. The molecule has 0 radical (unpaired) electrons. The average molecular weight is 221 g/mol. The van der Waals surface area contributed by atoms with Crippen molar-refractivity contribution in [1.29, 1.82) is 0 Å². The van der Waals surface area contributed by atoms with Crippen LogP contribution in [0.4, 0.5) is 0 Å². The molecule has 0 aromatic heterocycles. The van der Waals surface area contributed by atoms with Crippen molar-refractivity contribution in [3.05, 3.63) is 11.8 Å². The fraction of sp³-hybridized carbons (Fsp3) is 0.700. The maximum Gasteiger partial charge on any atom is 0.154 e. The van der Waals surface area contributed by atoms with Gasteiger partial charge < -0.3 is 22.6 Å². The fourth-order valence-corrected chi connectivity index (χ4v) is 1.08. The highest BCUT2D eigenvalue weighted by Crippen LogP contribution is 1.86. The van der Waals surface area contributed by atoms with Gasteiger partial charge in [0.15, 0.2) is 5.78 Å². The molecule has 0 spiro atoms. The zero-order valence-electron chi connectivity index (χ0n) is 9.48. The van der Waals surface area contributed by atoms with Gasteiger partial charge in [0.1, 0.15) is 0 Å². The van der Waals surface area contributed by atoms with Gasteiger partial charge in [-0.1, -0.05) is 0 Å². The average Bonchev–Trinajstić information content (AvgIpc) is 1.96. The lowest BCUT2D eigenvalue weighted by atomic mass is 10.3. The molecule has 0 heterocycles. The third-order valence-electron chi connectivity index (χ3n) is 1.68. The van der Waals surface area contributed by atoms with E-state index in [1.807, 2.05) is 6.92 Å². The summed E-state index contributed by atoms with van der Waals surface area (Å²) in [5.41, 5.74) is 0.959. The Morgan fingerprint density at radius 1 is 1.36 bits per heavy atom. The van der Waals surface area contributed by atoms with Gasteiger partial charge in [-0.2, -0.15) is 0 Å². The molecule has 0 bridgehead atoms. The molecule has 14 heavy (non-hydrogen) atoms. The molecule has 0 atom stereocenters. The van der Waals surface area contributed by atoms with Crippen molar-refractivity contribution in [1.82, 2.24) is 5.32 Å². The summed E-state index contributed by atoms with van der Waals surface area (Å²) in [6.07, 6.45) is 2.76. The number of hydrogen-bond donors (Lipinski definition) is 2. The summed E-state index contributed by atoms with van der Waals surface area (Å²) >= 11 is 0. The molecule has 0 fully saturated rings. The molecule has 4 heteroatoms. The third kappa shape index (κ3) is 11.5. The van der Waals surface area contributed by atoms with Crippen LogP contribution in [0.1, 0.15) is 20.3 Å². The predicted octanol–water partition coefficient (Wildman–Crippen LogP) is -3.39. The van der Waals surface area contributed by atoms with E-state index in [9.17, 15) is 4.79 Å². The van der Waals surface area contributed by atoms with Gasteiger partial charge in [-0.3, -0.25) is 4.79 Å². The Bertz CT molecular complexity index is 191. The van der Waals surface area contributed by atoms with E-state index in [0.29, 0.717) is 0 Å². The number of quaternary nitrogens is 1. The highest BCUT2D eigenvalue weighted by atomic mass is 35.5. The number of carbonyl (C=O) groups excluding carboxylic acids is 1. The summed E-state index contributed by atoms with van der Waals surface area (Å²) in [6, 6.07) is 0. The van der Waals surface area contributed by atoms with Crippen molar-refractivity contribution in [3.63, 3.8) is 0 Å². The smallest absolute Gasteiger partial charge is 0.154 e. The monoisotopic (exact) mass is 220 g/mol. The summed E-state index contributed by atoms with van der Waals surface area (Å²) in [5.74, 6) is 0.100. The minimum Gasteiger partial charge on any atom is -1.00 e. The maximum absolute atomic E-state index is 10.7. The highest BCUT2D eigenvalue weighted by Gasteiger charge is 1.94. The van der Waals surface area contributed by atoms with Gasteiger partial charge in [0, 0.05) is 18.7 Å². The van der Waals surface area contributed by atoms with E-state index in [4.69, 9.17) is 0 Å². The number of hydrogen-bond acceptors (Lipinski definition) is 2. The van der Waals surface area contributed by atoms with Gasteiger partial charge in [0.25, 0.3) is 0 Å². The molecule has 0 aromatic carbocycles. The van der Waals surface area contributed by atoms with Gasteiger partial charge in [-0.15, -0.1) is 0 Å². The molecule has 84 valence electrons. The lowest BCUT2D eigenvalue weighted by Gasteiger charge is -2.08. The summed E-state index contributed by atoms with van der Waals surface area (Å²) in [7, 11) is 4.27. The molecule has 0 aliphatic rings. The minimum absolute atomic E-state index is 0. The molecule has 3 nitrogen and oxygen atoms in total. The molecule has 0 unspecified atom stereocenters. The second-order valence-electron chi connectivity index (χ2n) is 3.68. The summed E-state index contributed by atoms with van der Waals surface area (Å²) in [6.45, 7) is 5.58. The second-order valence-corrected chi connectivity index (χ2v) is 3.68. The van der Waals surface area contributed by atoms with Crippen molar-refractivity contribution in [2.24, 2.45) is 0 Å². The lowest BCUT2D eigenvalue weighted by Crippen LogP contribution is -3.05. The van der Waals surface area contributed by atoms with Gasteiger partial charge in [0.05, 0.1) is 20.6 Å². The van der Waals surface area contributed by atoms with Crippen LogP contribution in [-0.4, -0.2) is 33.0 Å². The van der Waals surface area contributed by atoms with Crippen LogP contribution in [0.3, 0.4) is 0 Å². The van der Waals surface area contributed by atoms with Crippen molar-refractivity contribution in [3.8, 4) is 0 Å². The van der Waals surface area contributed by atoms with Crippen LogP contribution in [0.15, 0.2) is 11.8 Å². The van der Waals surface area contributed by atoms with Gasteiger partial charge in [-0.05, 0) is 19.9 Å². The Morgan fingerprint density at radius 3 is 2.36 bits per heavy atom. The maximum atomic E-state index is 10.7. The quantitative estimate of drug-likeness (QED) is 0.362. The first-order valence-corrected chi connectivity index (χ1v) is 4.74. The number of ketones is 1. The molecule has 0 aromatic rings. The van der Waals surface area contributed by atoms with Crippen LogP contribution >= 0.6 is 0 Å². The fourth-order valence-electron chi connectivity index (χ4n) is 1.08. The van der Waals surface area contributed by atoms with E-state index in [1.54, 1.807) is 13.0 Å². The molecule has 0 aliphatic heterocycles. The van der Waals surface area contributed by atoms with Crippen LogP contribution in [0, 0.1) is 0 Å². The Balaban J connectivity index is 0. The number of carbonyl (C=O) groups is 1. The molecule has 0 rings (SSSR count). The van der Waals surface area contributed by atoms with E-state index in [1.165, 1.54) is 4.90 Å². The predicted molar refractivity (Wildman–Crippen MR) is 54.7 cm³/mol. The molecule has 0 saturated heterocycles. The first kappa shape index (κ1) is 15.9. The van der Waals surface area contributed by atoms with E-state index in [0.717, 1.165) is 25.2 Å². The van der Waals surface area contributed by atoms with Crippen LogP contribution in [0.25, 0.3) is 0 Å². The Labute approximate surface area is 93.0 Å². The second kappa shape index (κ2) is 9.03. The topological polar surface area (TPSA) is 33.5 Å². The molecular weight excluding hydrogens is 200 g/mol. The molecular formula is C10H21ClN2O. The van der Waals surface area contributed by atoms with Crippen LogP contribution in [0.5, 0.6) is 0 Å².